The Kier molecular flexibility index (Phi) is 3.54. The van der Waals surface area contributed by atoms with Crippen LogP contribution in [0.3, 0.4) is 0 Å². The summed E-state index contributed by atoms with van der Waals surface area (Å²) < 4.78 is 26.1. The highest BCUT2D eigenvalue weighted by Crippen LogP contribution is 2.17. The van der Waals surface area contributed by atoms with Crippen molar-refractivity contribution in [3.63, 3.8) is 0 Å². The molecule has 17 heavy (non-hydrogen) atoms. The minimum absolute atomic E-state index is 0.0470. The molecule has 0 saturated carbocycles. The minimum Gasteiger partial charge on any atom is -0.364 e. The highest BCUT2D eigenvalue weighted by Gasteiger charge is 2.03. The van der Waals surface area contributed by atoms with E-state index in [0.29, 0.717) is 6.54 Å². The molecule has 1 aromatic carbocycles. The van der Waals surface area contributed by atoms with Crippen LogP contribution in [-0.4, -0.2) is 4.98 Å². The van der Waals surface area contributed by atoms with Gasteiger partial charge in [-0.2, -0.15) is 0 Å². The maximum atomic E-state index is 13.2. The van der Waals surface area contributed by atoms with Gasteiger partial charge in [0.05, 0.1) is 5.02 Å². The molecule has 0 aliphatic carbocycles. The van der Waals surface area contributed by atoms with Gasteiger partial charge in [0.15, 0.2) is 11.6 Å². The average Bonchev–Trinajstić information content (AvgIpc) is 2.32. The topological polar surface area (TPSA) is 24.9 Å². The predicted molar refractivity (Wildman–Crippen MR) is 62.9 cm³/mol. The zero-order valence-electron chi connectivity index (χ0n) is 8.75. The van der Waals surface area contributed by atoms with Gasteiger partial charge >= 0.3 is 0 Å². The lowest BCUT2D eigenvalue weighted by atomic mass is 10.2. The molecule has 0 spiro atoms. The molecule has 0 unspecified atom stereocenters. The number of hydrogen-bond donors (Lipinski definition) is 1. The maximum Gasteiger partial charge on any atom is 0.165 e. The summed E-state index contributed by atoms with van der Waals surface area (Å²) in [7, 11) is 0. The van der Waals surface area contributed by atoms with E-state index in [1.165, 1.54) is 30.5 Å². The summed E-state index contributed by atoms with van der Waals surface area (Å²) in [4.78, 5) is 3.84. The average molecular weight is 255 g/mol. The van der Waals surface area contributed by atoms with E-state index in [1.807, 2.05) is 0 Å². The molecule has 0 aliphatic heterocycles. The molecule has 2 aromatic rings. The molecule has 1 N–H and O–H groups in total. The van der Waals surface area contributed by atoms with Gasteiger partial charge in [0.1, 0.15) is 5.82 Å². The van der Waals surface area contributed by atoms with Gasteiger partial charge in [-0.05, 0) is 29.8 Å². The van der Waals surface area contributed by atoms with Gasteiger partial charge in [-0.1, -0.05) is 17.7 Å². The standard InChI is InChI=1S/C12H9ClF2N2/c13-9-6-8(3-4-10(9)14)7-17-12-11(15)2-1-5-16-12/h1-6H,7H2,(H,16,17). The summed E-state index contributed by atoms with van der Waals surface area (Å²) >= 11 is 5.63. The second kappa shape index (κ2) is 5.10. The summed E-state index contributed by atoms with van der Waals surface area (Å²) in [6.45, 7) is 0.327. The molecule has 0 saturated heterocycles. The van der Waals surface area contributed by atoms with Gasteiger partial charge in [-0.25, -0.2) is 13.8 Å². The number of hydrogen-bond acceptors (Lipinski definition) is 2. The minimum atomic E-state index is -0.473. The van der Waals surface area contributed by atoms with Crippen LogP contribution < -0.4 is 5.32 Å². The Balaban J connectivity index is 2.08. The molecule has 88 valence electrons. The van der Waals surface area contributed by atoms with Crippen LogP contribution in [0.25, 0.3) is 0 Å². The maximum absolute atomic E-state index is 13.2. The van der Waals surface area contributed by atoms with Gasteiger partial charge < -0.3 is 5.32 Å². The lowest BCUT2D eigenvalue weighted by Crippen LogP contribution is -2.03. The molecule has 0 atom stereocenters. The molecular formula is C12H9ClF2N2. The molecule has 0 radical (unpaired) electrons. The predicted octanol–water partition coefficient (Wildman–Crippen LogP) is 3.63. The van der Waals surface area contributed by atoms with Crippen LogP contribution in [0.1, 0.15) is 5.56 Å². The Hall–Kier alpha value is -1.68. The Morgan fingerprint density at radius 3 is 2.71 bits per heavy atom. The fraction of sp³-hybridized carbons (Fsp3) is 0.0833. The fourth-order valence-corrected chi connectivity index (χ4v) is 1.55. The molecule has 0 fully saturated rings. The quantitative estimate of drug-likeness (QED) is 0.905. The summed E-state index contributed by atoms with van der Waals surface area (Å²) in [6, 6.07) is 7.16. The van der Waals surface area contributed by atoms with Crippen LogP contribution in [0.2, 0.25) is 5.02 Å². The van der Waals surface area contributed by atoms with Crippen LogP contribution in [0.4, 0.5) is 14.6 Å². The van der Waals surface area contributed by atoms with Gasteiger partial charge in [0, 0.05) is 12.7 Å². The van der Waals surface area contributed by atoms with Gasteiger partial charge in [-0.3, -0.25) is 0 Å². The SMILES string of the molecule is Fc1ccc(CNc2ncccc2F)cc1Cl. The monoisotopic (exact) mass is 254 g/mol. The van der Waals surface area contributed by atoms with E-state index in [1.54, 1.807) is 6.07 Å². The van der Waals surface area contributed by atoms with Gasteiger partial charge in [-0.15, -0.1) is 0 Å². The number of benzene rings is 1. The number of halogens is 3. The van der Waals surface area contributed by atoms with Crippen LogP contribution in [0, 0.1) is 11.6 Å². The Morgan fingerprint density at radius 2 is 2.00 bits per heavy atom. The Morgan fingerprint density at radius 1 is 1.18 bits per heavy atom. The van der Waals surface area contributed by atoms with Crippen molar-refractivity contribution in [2.45, 2.75) is 6.54 Å². The van der Waals surface area contributed by atoms with Crippen LogP contribution in [0.5, 0.6) is 0 Å². The second-order valence-corrected chi connectivity index (χ2v) is 3.84. The largest absolute Gasteiger partial charge is 0.364 e. The first-order chi connectivity index (χ1) is 8.16. The second-order valence-electron chi connectivity index (χ2n) is 3.44. The molecule has 1 aromatic heterocycles. The molecule has 0 bridgehead atoms. The number of anilines is 1. The molecule has 0 aliphatic rings. The summed E-state index contributed by atoms with van der Waals surface area (Å²) in [6.07, 6.45) is 1.49. The van der Waals surface area contributed by atoms with E-state index in [0.717, 1.165) is 5.56 Å². The number of rotatable bonds is 3. The van der Waals surface area contributed by atoms with E-state index in [2.05, 4.69) is 10.3 Å². The normalized spacial score (nSPS) is 10.3. The third-order valence-electron chi connectivity index (χ3n) is 2.20. The van der Waals surface area contributed by atoms with Crippen LogP contribution in [0.15, 0.2) is 36.5 Å². The lowest BCUT2D eigenvalue weighted by molar-refractivity contribution is 0.623. The van der Waals surface area contributed by atoms with Gasteiger partial charge in [0.25, 0.3) is 0 Å². The highest BCUT2D eigenvalue weighted by molar-refractivity contribution is 6.30. The molecule has 0 amide bonds. The van der Waals surface area contributed by atoms with Crippen molar-refractivity contribution < 1.29 is 8.78 Å². The van der Waals surface area contributed by atoms with E-state index in [-0.39, 0.29) is 10.8 Å². The molecule has 1 heterocycles. The Bertz CT molecular complexity index is 532. The number of nitrogens with zero attached hydrogens (tertiary/aromatic N) is 1. The Labute approximate surface area is 102 Å². The van der Waals surface area contributed by atoms with Crippen LogP contribution in [-0.2, 0) is 6.54 Å². The van der Waals surface area contributed by atoms with Crippen molar-refractivity contribution in [3.8, 4) is 0 Å². The number of aromatic nitrogens is 1. The summed E-state index contributed by atoms with van der Waals surface area (Å²) in [5.41, 5.74) is 0.751. The van der Waals surface area contributed by atoms with Gasteiger partial charge in [0.2, 0.25) is 0 Å². The first-order valence-corrected chi connectivity index (χ1v) is 5.33. The molecular weight excluding hydrogens is 246 g/mol. The van der Waals surface area contributed by atoms with E-state index >= 15 is 0 Å². The molecule has 2 rings (SSSR count). The summed E-state index contributed by atoms with van der Waals surface area (Å²) in [5.74, 6) is -0.743. The van der Waals surface area contributed by atoms with E-state index in [9.17, 15) is 8.78 Å². The molecule has 2 nitrogen and oxygen atoms in total. The van der Waals surface area contributed by atoms with Crippen molar-refractivity contribution in [3.05, 3.63) is 58.7 Å². The zero-order chi connectivity index (χ0) is 12.3. The number of pyridine rings is 1. The van der Waals surface area contributed by atoms with Crippen molar-refractivity contribution in [1.82, 2.24) is 4.98 Å². The summed E-state index contributed by atoms with van der Waals surface area (Å²) in [5, 5.41) is 2.86. The van der Waals surface area contributed by atoms with Crippen molar-refractivity contribution in [2.24, 2.45) is 0 Å². The first-order valence-electron chi connectivity index (χ1n) is 4.95. The third-order valence-corrected chi connectivity index (χ3v) is 2.49. The number of nitrogens with one attached hydrogen (secondary N) is 1. The fourth-order valence-electron chi connectivity index (χ4n) is 1.35. The zero-order valence-corrected chi connectivity index (χ0v) is 9.51. The van der Waals surface area contributed by atoms with Crippen molar-refractivity contribution in [2.75, 3.05) is 5.32 Å². The van der Waals surface area contributed by atoms with Crippen molar-refractivity contribution in [1.29, 1.82) is 0 Å². The highest BCUT2D eigenvalue weighted by atomic mass is 35.5. The van der Waals surface area contributed by atoms with Crippen molar-refractivity contribution >= 4 is 17.4 Å². The third kappa shape index (κ3) is 2.91. The smallest absolute Gasteiger partial charge is 0.165 e. The van der Waals surface area contributed by atoms with E-state index < -0.39 is 11.6 Å². The molecule has 5 heteroatoms. The lowest BCUT2D eigenvalue weighted by Gasteiger charge is -2.06. The van der Waals surface area contributed by atoms with Crippen LogP contribution >= 0.6 is 11.6 Å². The van der Waals surface area contributed by atoms with E-state index in [4.69, 9.17) is 11.6 Å². The first kappa shape index (κ1) is 11.8.